The lowest BCUT2D eigenvalue weighted by atomic mass is 10.2. The van der Waals surface area contributed by atoms with Gasteiger partial charge in [-0.15, -0.1) is 0 Å². The van der Waals surface area contributed by atoms with Crippen molar-refractivity contribution >= 4 is 10.1 Å². The second-order valence-corrected chi connectivity index (χ2v) is 7.07. The van der Waals surface area contributed by atoms with E-state index >= 15 is 0 Å². The van der Waals surface area contributed by atoms with Gasteiger partial charge >= 0.3 is 0 Å². The summed E-state index contributed by atoms with van der Waals surface area (Å²) in [5.41, 5.74) is 0. The van der Waals surface area contributed by atoms with E-state index in [0.717, 1.165) is 0 Å². The maximum absolute atomic E-state index is 10.7. The molecule has 0 bridgehead atoms. The van der Waals surface area contributed by atoms with E-state index in [2.05, 4.69) is 0 Å². The van der Waals surface area contributed by atoms with Gasteiger partial charge in [-0.05, 0) is 13.8 Å². The molecule has 8 heteroatoms. The van der Waals surface area contributed by atoms with Gasteiger partial charge < -0.3 is 24.4 Å². The monoisotopic (exact) mass is 313 g/mol. The summed E-state index contributed by atoms with van der Waals surface area (Å²) in [7, 11) is -4.26. The fourth-order valence-corrected chi connectivity index (χ4v) is 3.14. The Bertz CT molecular complexity index is 345. The van der Waals surface area contributed by atoms with Crippen LogP contribution in [0, 0.1) is 0 Å². The second-order valence-electron chi connectivity index (χ2n) is 5.54. The summed E-state index contributed by atoms with van der Waals surface area (Å²) < 4.78 is 32.3. The van der Waals surface area contributed by atoms with E-state index < -0.39 is 28.1 Å². The topological polar surface area (TPSA) is 118 Å². The molecule has 7 nitrogen and oxygen atoms in total. The highest BCUT2D eigenvalue weighted by atomic mass is 32.2. The number of hydrogen-bond acceptors (Lipinski definition) is 6. The number of nitrogens with zero attached hydrogens (tertiary/aromatic N) is 1. The van der Waals surface area contributed by atoms with Crippen molar-refractivity contribution in [3.05, 3.63) is 0 Å². The Hall–Kier alpha value is -0.250. The maximum Gasteiger partial charge on any atom is 0.105 e. The Morgan fingerprint density at radius 1 is 1.05 bits per heavy atom. The Balaban J connectivity index is 4.84. The van der Waals surface area contributed by atoms with Crippen LogP contribution < -0.4 is 0 Å². The molecule has 0 aliphatic carbocycles. The zero-order chi connectivity index (χ0) is 15.8. The zero-order valence-corrected chi connectivity index (χ0v) is 13.0. The summed E-state index contributed by atoms with van der Waals surface area (Å²) in [5, 5.41) is 28.2. The van der Waals surface area contributed by atoms with Crippen LogP contribution >= 0.6 is 0 Å². The van der Waals surface area contributed by atoms with Gasteiger partial charge in [0.05, 0.1) is 23.2 Å². The summed E-state index contributed by atoms with van der Waals surface area (Å²) >= 11 is 0. The average molecular weight is 313 g/mol. The first-order chi connectivity index (χ1) is 9.10. The largest absolute Gasteiger partial charge is 0.748 e. The minimum absolute atomic E-state index is 0.0144. The van der Waals surface area contributed by atoms with Crippen LogP contribution in [-0.4, -0.2) is 83.5 Å². The predicted molar refractivity (Wildman–Crippen MR) is 74.0 cm³/mol. The first-order valence-electron chi connectivity index (χ1n) is 6.86. The van der Waals surface area contributed by atoms with Crippen molar-refractivity contribution in [2.24, 2.45) is 0 Å². The molecule has 0 saturated heterocycles. The van der Waals surface area contributed by atoms with Gasteiger partial charge in [-0.2, -0.15) is 0 Å². The molecule has 0 aromatic rings. The smallest absolute Gasteiger partial charge is 0.105 e. The Kier molecular flexibility index (Phi) is 8.80. The van der Waals surface area contributed by atoms with E-state index in [1.165, 1.54) is 0 Å². The fourth-order valence-electron chi connectivity index (χ4n) is 2.66. The van der Waals surface area contributed by atoms with E-state index in [-0.39, 0.29) is 13.0 Å². The van der Waals surface area contributed by atoms with Crippen molar-refractivity contribution in [2.75, 3.05) is 38.5 Å². The summed E-state index contributed by atoms with van der Waals surface area (Å²) in [6.45, 7) is 4.83. The lowest BCUT2D eigenvalue weighted by Gasteiger charge is -2.40. The van der Waals surface area contributed by atoms with E-state index in [4.69, 9.17) is 5.11 Å². The average Bonchev–Trinajstić information content (AvgIpc) is 2.22. The molecule has 0 radical (unpaired) electrons. The molecule has 0 saturated carbocycles. The van der Waals surface area contributed by atoms with Crippen LogP contribution in [0.2, 0.25) is 0 Å². The quantitative estimate of drug-likeness (QED) is 0.328. The van der Waals surface area contributed by atoms with Gasteiger partial charge in [0.2, 0.25) is 0 Å². The molecule has 0 rings (SSSR count). The van der Waals surface area contributed by atoms with E-state index in [1.807, 2.05) is 0 Å². The second kappa shape index (κ2) is 8.91. The van der Waals surface area contributed by atoms with Crippen molar-refractivity contribution in [2.45, 2.75) is 38.9 Å². The summed E-state index contributed by atoms with van der Waals surface area (Å²) in [4.78, 5) is 0. The fraction of sp³-hybridized carbons (Fsp3) is 1.00. The lowest BCUT2D eigenvalue weighted by Crippen LogP contribution is -2.56. The summed E-state index contributed by atoms with van der Waals surface area (Å²) in [6.07, 6.45) is -0.562. The molecule has 2 atom stereocenters. The molecule has 0 aliphatic heterocycles. The van der Waals surface area contributed by atoms with Gasteiger partial charge in [0.15, 0.2) is 0 Å². The van der Waals surface area contributed by atoms with Crippen LogP contribution in [0.25, 0.3) is 0 Å². The molecule has 0 heterocycles. The van der Waals surface area contributed by atoms with Crippen LogP contribution in [-0.2, 0) is 10.1 Å². The number of aliphatic hydroxyl groups excluding tert-OH is 3. The molecule has 0 aromatic carbocycles. The van der Waals surface area contributed by atoms with Gasteiger partial charge in [-0.25, -0.2) is 8.42 Å². The normalized spacial score (nSPS) is 18.5. The molecule has 0 fully saturated rings. The molecule has 2 unspecified atom stereocenters. The number of rotatable bonds is 11. The SMILES string of the molecule is CC(O)C[N+](CCCO)(CCCS(=O)(=O)[O-])CC(C)O. The highest BCUT2D eigenvalue weighted by Crippen LogP contribution is 2.14. The minimum Gasteiger partial charge on any atom is -0.748 e. The van der Waals surface area contributed by atoms with Gasteiger partial charge in [0.1, 0.15) is 25.3 Å². The first-order valence-corrected chi connectivity index (χ1v) is 8.43. The summed E-state index contributed by atoms with van der Waals surface area (Å²) in [6, 6.07) is 0. The van der Waals surface area contributed by atoms with Crippen LogP contribution in [0.4, 0.5) is 0 Å². The third-order valence-corrected chi connectivity index (χ3v) is 3.91. The van der Waals surface area contributed by atoms with Crippen molar-refractivity contribution in [3.63, 3.8) is 0 Å². The molecular formula is C12H27NO6S. The van der Waals surface area contributed by atoms with Crippen LogP contribution in [0.1, 0.15) is 26.7 Å². The van der Waals surface area contributed by atoms with Gasteiger partial charge in [-0.3, -0.25) is 0 Å². The third-order valence-electron chi connectivity index (χ3n) is 3.12. The Morgan fingerprint density at radius 3 is 1.85 bits per heavy atom. The molecule has 0 spiro atoms. The first kappa shape index (κ1) is 19.8. The number of quaternary nitrogens is 1. The van der Waals surface area contributed by atoms with Crippen molar-refractivity contribution < 1.29 is 32.8 Å². The molecule has 0 aliphatic rings. The molecular weight excluding hydrogens is 286 g/mol. The van der Waals surface area contributed by atoms with Crippen molar-refractivity contribution in [3.8, 4) is 0 Å². The van der Waals surface area contributed by atoms with Crippen LogP contribution in [0.3, 0.4) is 0 Å². The van der Waals surface area contributed by atoms with Crippen LogP contribution in [0.5, 0.6) is 0 Å². The Morgan fingerprint density at radius 2 is 1.50 bits per heavy atom. The highest BCUT2D eigenvalue weighted by Gasteiger charge is 2.30. The van der Waals surface area contributed by atoms with Gasteiger partial charge in [0.25, 0.3) is 0 Å². The zero-order valence-electron chi connectivity index (χ0n) is 12.2. The number of aliphatic hydroxyl groups is 3. The van der Waals surface area contributed by atoms with Gasteiger partial charge in [0, 0.05) is 25.2 Å². The highest BCUT2D eigenvalue weighted by molar-refractivity contribution is 7.85. The summed E-state index contributed by atoms with van der Waals surface area (Å²) in [5.74, 6) is -0.453. The molecule has 20 heavy (non-hydrogen) atoms. The molecule has 122 valence electrons. The molecule has 0 aromatic heterocycles. The third kappa shape index (κ3) is 9.62. The van der Waals surface area contributed by atoms with E-state index in [1.54, 1.807) is 13.8 Å². The van der Waals surface area contributed by atoms with Crippen molar-refractivity contribution in [1.82, 2.24) is 0 Å². The maximum atomic E-state index is 10.7. The number of hydrogen-bond donors (Lipinski definition) is 3. The minimum atomic E-state index is -4.26. The van der Waals surface area contributed by atoms with E-state index in [9.17, 15) is 23.2 Å². The van der Waals surface area contributed by atoms with Crippen molar-refractivity contribution in [1.29, 1.82) is 0 Å². The Labute approximate surface area is 121 Å². The van der Waals surface area contributed by atoms with Gasteiger partial charge in [-0.1, -0.05) is 0 Å². The van der Waals surface area contributed by atoms with E-state index in [0.29, 0.717) is 37.1 Å². The standard InChI is InChI=1S/C12H27NO6S/c1-11(15)9-13(5-3-7-14,10-12(2)16)6-4-8-20(17,18)19/h11-12,14-16H,3-10H2,1-2H3. The predicted octanol–water partition coefficient (Wildman–Crippen LogP) is -1.12. The van der Waals surface area contributed by atoms with Crippen LogP contribution in [0.15, 0.2) is 0 Å². The molecule has 3 N–H and O–H groups in total. The lowest BCUT2D eigenvalue weighted by molar-refractivity contribution is -0.933. The molecule has 0 amide bonds.